The fourth-order valence-corrected chi connectivity index (χ4v) is 2.16. The lowest BCUT2D eigenvalue weighted by atomic mass is 9.68. The number of halogens is 2. The summed E-state index contributed by atoms with van der Waals surface area (Å²) in [4.78, 5) is 14.8. The molecular weight excluding hydrogens is 232 g/mol. The molecule has 2 rings (SSSR count). The van der Waals surface area contributed by atoms with E-state index in [0.717, 1.165) is 10.8 Å². The summed E-state index contributed by atoms with van der Waals surface area (Å²) in [7, 11) is 0. The van der Waals surface area contributed by atoms with Gasteiger partial charge in [0.2, 0.25) is 0 Å². The molecular formula is C10H13F2N3O2. The number of alkyl halides is 1. The minimum Gasteiger partial charge on any atom is -0.396 e. The minimum atomic E-state index is -1.75. The molecule has 0 aromatic carbocycles. The molecule has 7 heteroatoms. The second-order valence-corrected chi connectivity index (χ2v) is 4.45. The lowest BCUT2D eigenvalue weighted by Gasteiger charge is -2.47. The second-order valence-electron chi connectivity index (χ2n) is 4.45. The monoisotopic (exact) mass is 245 g/mol. The highest BCUT2D eigenvalue weighted by molar-refractivity contribution is 5.27. The minimum absolute atomic E-state index is 0.272. The lowest BCUT2D eigenvalue weighted by molar-refractivity contribution is -0.0841. The van der Waals surface area contributed by atoms with Crippen molar-refractivity contribution in [1.82, 2.24) is 9.55 Å². The van der Waals surface area contributed by atoms with Gasteiger partial charge in [-0.3, -0.25) is 4.57 Å². The van der Waals surface area contributed by atoms with Gasteiger partial charge in [-0.25, -0.2) is 13.6 Å². The van der Waals surface area contributed by atoms with E-state index in [1.54, 1.807) is 0 Å². The lowest BCUT2D eigenvalue weighted by Crippen LogP contribution is -2.54. The molecule has 1 saturated carbocycles. The first-order valence-electron chi connectivity index (χ1n) is 5.21. The maximum absolute atomic E-state index is 14.1. The zero-order chi connectivity index (χ0) is 12.8. The molecule has 0 saturated heterocycles. The third kappa shape index (κ3) is 1.70. The molecule has 1 fully saturated rings. The molecule has 0 unspecified atom stereocenters. The SMILES string of the molecule is C[C@@]1(F)[C@@H](CO)C[C@H]1n1cc(F)c(N)nc1=O. The number of nitrogens with two attached hydrogens (primary N) is 1. The molecule has 1 aliphatic carbocycles. The van der Waals surface area contributed by atoms with Crippen LogP contribution in [0.1, 0.15) is 19.4 Å². The molecule has 0 radical (unpaired) electrons. The standard InChI is InChI=1S/C10H13F2N3O2/c1-10(12)5(4-16)2-7(10)15-3-6(11)8(13)14-9(15)17/h3,5,7,16H,2,4H2,1H3,(H2,13,14,17)/t5-,7-,10-/m1/s1. The molecule has 3 N–H and O–H groups in total. The molecule has 0 spiro atoms. The van der Waals surface area contributed by atoms with Crippen molar-refractivity contribution in [3.8, 4) is 0 Å². The Morgan fingerprint density at radius 1 is 1.76 bits per heavy atom. The van der Waals surface area contributed by atoms with Crippen LogP contribution in [0.3, 0.4) is 0 Å². The molecule has 0 amide bonds. The van der Waals surface area contributed by atoms with E-state index in [-0.39, 0.29) is 13.0 Å². The van der Waals surface area contributed by atoms with Crippen LogP contribution >= 0.6 is 0 Å². The summed E-state index contributed by atoms with van der Waals surface area (Å²) >= 11 is 0. The number of nitrogen functional groups attached to an aromatic ring is 1. The van der Waals surface area contributed by atoms with Crippen LogP contribution in [0.15, 0.2) is 11.0 Å². The average molecular weight is 245 g/mol. The number of aromatic nitrogens is 2. The van der Waals surface area contributed by atoms with Crippen molar-refractivity contribution in [3.63, 3.8) is 0 Å². The van der Waals surface area contributed by atoms with Gasteiger partial charge in [-0.1, -0.05) is 0 Å². The van der Waals surface area contributed by atoms with E-state index < -0.39 is 35.0 Å². The Kier molecular flexibility index (Phi) is 2.65. The molecule has 0 aliphatic heterocycles. The van der Waals surface area contributed by atoms with Gasteiger partial charge in [0.1, 0.15) is 5.67 Å². The van der Waals surface area contributed by atoms with Crippen LogP contribution in [0.25, 0.3) is 0 Å². The second kappa shape index (κ2) is 3.76. The quantitative estimate of drug-likeness (QED) is 0.782. The number of rotatable bonds is 2. The van der Waals surface area contributed by atoms with Crippen molar-refractivity contribution < 1.29 is 13.9 Å². The largest absolute Gasteiger partial charge is 0.396 e. The van der Waals surface area contributed by atoms with Crippen LogP contribution in [0.2, 0.25) is 0 Å². The van der Waals surface area contributed by atoms with E-state index in [4.69, 9.17) is 10.8 Å². The van der Waals surface area contributed by atoms with Crippen LogP contribution in [0, 0.1) is 11.7 Å². The topological polar surface area (TPSA) is 81.1 Å². The van der Waals surface area contributed by atoms with Crippen LogP contribution < -0.4 is 11.4 Å². The summed E-state index contributed by atoms with van der Waals surface area (Å²) < 4.78 is 28.2. The van der Waals surface area contributed by atoms with Crippen LogP contribution in [0.4, 0.5) is 14.6 Å². The van der Waals surface area contributed by atoms with Crippen molar-refractivity contribution in [1.29, 1.82) is 0 Å². The Bertz CT molecular complexity index is 501. The molecule has 17 heavy (non-hydrogen) atoms. The molecule has 1 aromatic rings. The average Bonchev–Trinajstić information content (AvgIpc) is 2.24. The van der Waals surface area contributed by atoms with Gasteiger partial charge < -0.3 is 10.8 Å². The Balaban J connectivity index is 2.38. The highest BCUT2D eigenvalue weighted by atomic mass is 19.1. The van der Waals surface area contributed by atoms with Gasteiger partial charge in [0.05, 0.1) is 6.04 Å². The molecule has 0 bridgehead atoms. The Morgan fingerprint density at radius 3 is 2.94 bits per heavy atom. The number of hydrogen-bond donors (Lipinski definition) is 2. The summed E-state index contributed by atoms with van der Waals surface area (Å²) in [6.07, 6.45) is 1.13. The van der Waals surface area contributed by atoms with Gasteiger partial charge in [0, 0.05) is 18.7 Å². The predicted molar refractivity (Wildman–Crippen MR) is 56.6 cm³/mol. The van der Waals surface area contributed by atoms with Gasteiger partial charge in [-0.2, -0.15) is 4.98 Å². The van der Waals surface area contributed by atoms with Crippen molar-refractivity contribution in [2.45, 2.75) is 25.1 Å². The van der Waals surface area contributed by atoms with Crippen LogP contribution in [0.5, 0.6) is 0 Å². The summed E-state index contributed by atoms with van der Waals surface area (Å²) in [5.74, 6) is -1.89. The maximum atomic E-state index is 14.1. The van der Waals surface area contributed by atoms with Gasteiger partial charge in [-0.05, 0) is 13.3 Å². The zero-order valence-corrected chi connectivity index (χ0v) is 9.23. The highest BCUT2D eigenvalue weighted by Crippen LogP contribution is 2.49. The van der Waals surface area contributed by atoms with E-state index in [1.165, 1.54) is 6.92 Å². The molecule has 3 atom stereocenters. The number of aliphatic hydroxyl groups is 1. The summed E-state index contributed by atoms with van der Waals surface area (Å²) in [5.41, 5.74) is 2.61. The van der Waals surface area contributed by atoms with Gasteiger partial charge in [-0.15, -0.1) is 0 Å². The third-order valence-corrected chi connectivity index (χ3v) is 3.45. The number of hydrogen-bond acceptors (Lipinski definition) is 4. The third-order valence-electron chi connectivity index (χ3n) is 3.45. The van der Waals surface area contributed by atoms with Crippen molar-refractivity contribution in [3.05, 3.63) is 22.5 Å². The van der Waals surface area contributed by atoms with Gasteiger partial charge in [0.25, 0.3) is 0 Å². The first-order chi connectivity index (χ1) is 7.87. The van der Waals surface area contributed by atoms with Crippen molar-refractivity contribution in [2.24, 2.45) is 5.92 Å². The van der Waals surface area contributed by atoms with Gasteiger partial charge in [0.15, 0.2) is 11.6 Å². The summed E-state index contributed by atoms with van der Waals surface area (Å²) in [6.45, 7) is 0.978. The smallest absolute Gasteiger partial charge is 0.350 e. The normalized spacial score (nSPS) is 32.2. The zero-order valence-electron chi connectivity index (χ0n) is 9.23. The van der Waals surface area contributed by atoms with E-state index in [1.807, 2.05) is 0 Å². The molecule has 1 heterocycles. The Labute approximate surface area is 95.9 Å². The first kappa shape index (κ1) is 12.0. The fourth-order valence-electron chi connectivity index (χ4n) is 2.16. The molecule has 94 valence electrons. The first-order valence-corrected chi connectivity index (χ1v) is 5.21. The summed E-state index contributed by atoms with van der Waals surface area (Å²) in [5, 5.41) is 8.92. The van der Waals surface area contributed by atoms with Crippen LogP contribution in [-0.4, -0.2) is 26.9 Å². The summed E-state index contributed by atoms with van der Waals surface area (Å²) in [6, 6.07) is -0.810. The number of nitrogens with zero attached hydrogens (tertiary/aromatic N) is 2. The Hall–Kier alpha value is -1.50. The highest BCUT2D eigenvalue weighted by Gasteiger charge is 2.53. The van der Waals surface area contributed by atoms with Crippen molar-refractivity contribution >= 4 is 5.82 Å². The van der Waals surface area contributed by atoms with E-state index in [0.29, 0.717) is 0 Å². The van der Waals surface area contributed by atoms with Gasteiger partial charge >= 0.3 is 5.69 Å². The van der Waals surface area contributed by atoms with E-state index >= 15 is 0 Å². The Morgan fingerprint density at radius 2 is 2.41 bits per heavy atom. The van der Waals surface area contributed by atoms with Crippen molar-refractivity contribution in [2.75, 3.05) is 12.3 Å². The van der Waals surface area contributed by atoms with Crippen LogP contribution in [-0.2, 0) is 0 Å². The van der Waals surface area contributed by atoms with E-state index in [2.05, 4.69) is 4.98 Å². The number of anilines is 1. The number of aliphatic hydroxyl groups excluding tert-OH is 1. The maximum Gasteiger partial charge on any atom is 0.350 e. The predicted octanol–water partition coefficient (Wildman–Crippen LogP) is 0.246. The molecule has 1 aliphatic rings. The molecule has 5 nitrogen and oxygen atoms in total. The molecule has 1 aromatic heterocycles. The fraction of sp³-hybridized carbons (Fsp3) is 0.600. The van der Waals surface area contributed by atoms with E-state index in [9.17, 15) is 13.6 Å².